The molecule has 0 radical (unpaired) electrons. The van der Waals surface area contributed by atoms with Crippen LogP contribution in [0.15, 0.2) is 22.7 Å². The number of rotatable bonds is 3. The van der Waals surface area contributed by atoms with Crippen molar-refractivity contribution in [2.75, 3.05) is 26.8 Å². The number of carbonyl (C=O) groups is 2. The number of nitrogens with zero attached hydrogens (tertiary/aromatic N) is 1. The largest absolute Gasteiger partial charge is 0.469 e. The highest BCUT2D eigenvalue weighted by Crippen LogP contribution is 2.27. The Labute approximate surface area is 136 Å². The maximum atomic E-state index is 12.5. The van der Waals surface area contributed by atoms with Gasteiger partial charge in [0.05, 0.1) is 36.8 Å². The minimum absolute atomic E-state index is 0.131. The third-order valence-electron chi connectivity index (χ3n) is 3.23. The van der Waals surface area contributed by atoms with E-state index in [1.54, 1.807) is 23.1 Å². The lowest BCUT2D eigenvalue weighted by molar-refractivity contribution is -0.145. The van der Waals surface area contributed by atoms with Crippen LogP contribution in [0, 0.1) is 0 Å². The molecule has 0 N–H and O–H groups in total. The van der Waals surface area contributed by atoms with Crippen LogP contribution in [0.25, 0.3) is 0 Å². The van der Waals surface area contributed by atoms with Gasteiger partial charge in [0.2, 0.25) is 0 Å². The topological polar surface area (TPSA) is 55.8 Å². The maximum absolute atomic E-state index is 12.5. The number of hydrogen-bond acceptors (Lipinski definition) is 4. The minimum Gasteiger partial charge on any atom is -0.469 e. The van der Waals surface area contributed by atoms with Gasteiger partial charge in [0.15, 0.2) is 0 Å². The minimum atomic E-state index is -0.352. The summed E-state index contributed by atoms with van der Waals surface area (Å²) in [5, 5.41) is 0.388. The Balaban J connectivity index is 2.08. The highest BCUT2D eigenvalue weighted by molar-refractivity contribution is 9.10. The second-order valence-corrected chi connectivity index (χ2v) is 5.86. The Morgan fingerprint density at radius 2 is 2.29 bits per heavy atom. The summed E-state index contributed by atoms with van der Waals surface area (Å²) in [4.78, 5) is 25.5. The van der Waals surface area contributed by atoms with Gasteiger partial charge in [0.25, 0.3) is 5.91 Å². The first-order valence-electron chi connectivity index (χ1n) is 6.44. The molecule has 1 aliphatic heterocycles. The number of carbonyl (C=O) groups excluding carboxylic acids is 2. The number of esters is 1. The third kappa shape index (κ3) is 3.96. The van der Waals surface area contributed by atoms with Crippen LogP contribution >= 0.6 is 27.5 Å². The summed E-state index contributed by atoms with van der Waals surface area (Å²) in [5.74, 6) is -0.519. The second kappa shape index (κ2) is 7.24. The molecule has 0 bridgehead atoms. The zero-order chi connectivity index (χ0) is 15.4. The number of methoxy groups -OCH3 is 1. The van der Waals surface area contributed by atoms with Gasteiger partial charge in [-0.2, -0.15) is 0 Å². The van der Waals surface area contributed by atoms with Crippen LogP contribution in [0.5, 0.6) is 0 Å². The fourth-order valence-electron chi connectivity index (χ4n) is 2.14. The van der Waals surface area contributed by atoms with E-state index >= 15 is 0 Å². The Kier molecular flexibility index (Phi) is 5.61. The Hall–Kier alpha value is -1.11. The molecule has 1 aromatic rings. The molecule has 1 unspecified atom stereocenters. The van der Waals surface area contributed by atoms with Crippen molar-refractivity contribution in [3.8, 4) is 0 Å². The molecule has 1 fully saturated rings. The first-order chi connectivity index (χ1) is 10.0. The van der Waals surface area contributed by atoms with E-state index in [9.17, 15) is 9.59 Å². The summed E-state index contributed by atoms with van der Waals surface area (Å²) in [5.41, 5.74) is 0.435. The van der Waals surface area contributed by atoms with Crippen LogP contribution in [-0.2, 0) is 14.3 Å². The molecule has 1 aliphatic rings. The molecule has 2 rings (SSSR count). The van der Waals surface area contributed by atoms with E-state index in [1.165, 1.54) is 7.11 Å². The van der Waals surface area contributed by atoms with E-state index in [2.05, 4.69) is 20.7 Å². The number of morpholine rings is 1. The number of benzene rings is 1. The molecule has 114 valence electrons. The molecule has 7 heteroatoms. The van der Waals surface area contributed by atoms with Gasteiger partial charge in [-0.15, -0.1) is 0 Å². The molecular weight excluding hydrogens is 362 g/mol. The van der Waals surface area contributed by atoms with Crippen molar-refractivity contribution < 1.29 is 19.1 Å². The van der Waals surface area contributed by atoms with E-state index in [0.717, 1.165) is 0 Å². The maximum Gasteiger partial charge on any atom is 0.308 e. The molecule has 1 amide bonds. The smallest absolute Gasteiger partial charge is 0.308 e. The molecule has 1 saturated heterocycles. The van der Waals surface area contributed by atoms with Gasteiger partial charge in [-0.3, -0.25) is 9.59 Å². The average molecular weight is 377 g/mol. The number of ether oxygens (including phenoxy) is 2. The lowest BCUT2D eigenvalue weighted by Gasteiger charge is -2.32. The molecule has 5 nitrogen and oxygen atoms in total. The number of amides is 1. The highest BCUT2D eigenvalue weighted by atomic mass is 79.9. The van der Waals surface area contributed by atoms with Crippen LogP contribution in [0.2, 0.25) is 5.02 Å². The van der Waals surface area contributed by atoms with Gasteiger partial charge in [0, 0.05) is 17.6 Å². The van der Waals surface area contributed by atoms with Crippen molar-refractivity contribution in [1.29, 1.82) is 0 Å². The standard InChI is InChI=1S/C14H15BrClNO4/c1-20-12(18)7-9-8-17(5-6-21-9)14(19)10-3-2-4-11(15)13(10)16/h2-4,9H,5-8H2,1H3. The first-order valence-corrected chi connectivity index (χ1v) is 7.61. The quantitative estimate of drug-likeness (QED) is 0.761. The van der Waals surface area contributed by atoms with Crippen LogP contribution < -0.4 is 0 Å². The van der Waals surface area contributed by atoms with Gasteiger partial charge < -0.3 is 14.4 Å². The molecule has 0 spiro atoms. The van der Waals surface area contributed by atoms with Crippen LogP contribution in [0.1, 0.15) is 16.8 Å². The van der Waals surface area contributed by atoms with Gasteiger partial charge in [-0.25, -0.2) is 0 Å². The van der Waals surface area contributed by atoms with E-state index in [1.807, 2.05) is 0 Å². The van der Waals surface area contributed by atoms with Crippen molar-refractivity contribution in [1.82, 2.24) is 4.90 Å². The molecule has 21 heavy (non-hydrogen) atoms. The van der Waals surface area contributed by atoms with Crippen molar-refractivity contribution in [2.24, 2.45) is 0 Å². The van der Waals surface area contributed by atoms with Gasteiger partial charge in [-0.05, 0) is 28.1 Å². The first kappa shape index (κ1) is 16.3. The van der Waals surface area contributed by atoms with Gasteiger partial charge in [-0.1, -0.05) is 17.7 Å². The third-order valence-corrected chi connectivity index (χ3v) is 4.53. The van der Waals surface area contributed by atoms with Crippen molar-refractivity contribution >= 4 is 39.4 Å². The zero-order valence-corrected chi connectivity index (χ0v) is 13.8. The monoisotopic (exact) mass is 375 g/mol. The molecule has 1 atom stereocenters. The SMILES string of the molecule is COC(=O)CC1CN(C(=O)c2cccc(Br)c2Cl)CCO1. The normalized spacial score (nSPS) is 18.4. The molecule has 1 aromatic carbocycles. The fourth-order valence-corrected chi connectivity index (χ4v) is 2.71. The van der Waals surface area contributed by atoms with Crippen molar-refractivity contribution in [3.05, 3.63) is 33.3 Å². The van der Waals surface area contributed by atoms with Crippen molar-refractivity contribution in [2.45, 2.75) is 12.5 Å². The molecular formula is C14H15BrClNO4. The summed E-state index contributed by atoms with van der Waals surface area (Å²) in [6.45, 7) is 1.20. The predicted molar refractivity (Wildman–Crippen MR) is 81.4 cm³/mol. The summed E-state index contributed by atoms with van der Waals surface area (Å²) < 4.78 is 10.8. The zero-order valence-electron chi connectivity index (χ0n) is 11.5. The lowest BCUT2D eigenvalue weighted by atomic mass is 10.1. The van der Waals surface area contributed by atoms with E-state index in [4.69, 9.17) is 16.3 Å². The summed E-state index contributed by atoms with van der Waals surface area (Å²) in [6, 6.07) is 5.22. The van der Waals surface area contributed by atoms with E-state index < -0.39 is 0 Å². The van der Waals surface area contributed by atoms with Gasteiger partial charge >= 0.3 is 5.97 Å². The molecule has 0 aromatic heterocycles. The summed E-state index contributed by atoms with van der Waals surface area (Å²) >= 11 is 9.45. The fraction of sp³-hybridized carbons (Fsp3) is 0.429. The second-order valence-electron chi connectivity index (χ2n) is 4.63. The molecule has 1 heterocycles. The predicted octanol–water partition coefficient (Wildman–Crippen LogP) is 2.51. The van der Waals surface area contributed by atoms with Gasteiger partial charge in [0.1, 0.15) is 0 Å². The van der Waals surface area contributed by atoms with Crippen LogP contribution in [0.4, 0.5) is 0 Å². The van der Waals surface area contributed by atoms with E-state index in [-0.39, 0.29) is 24.4 Å². The molecule has 0 saturated carbocycles. The van der Waals surface area contributed by atoms with E-state index in [0.29, 0.717) is 34.8 Å². The Morgan fingerprint density at radius 1 is 1.52 bits per heavy atom. The van der Waals surface area contributed by atoms with Crippen molar-refractivity contribution in [3.63, 3.8) is 0 Å². The highest BCUT2D eigenvalue weighted by Gasteiger charge is 2.28. The Morgan fingerprint density at radius 3 is 3.00 bits per heavy atom. The van der Waals surface area contributed by atoms with Crippen LogP contribution in [0.3, 0.4) is 0 Å². The lowest BCUT2D eigenvalue weighted by Crippen LogP contribution is -2.46. The average Bonchev–Trinajstić information content (AvgIpc) is 2.49. The number of halogens is 2. The van der Waals surface area contributed by atoms with Crippen LogP contribution in [-0.4, -0.2) is 49.7 Å². The Bertz CT molecular complexity index is 552. The molecule has 0 aliphatic carbocycles. The number of hydrogen-bond donors (Lipinski definition) is 0. The summed E-state index contributed by atoms with van der Waals surface area (Å²) in [6.07, 6.45) is -0.215. The summed E-state index contributed by atoms with van der Waals surface area (Å²) in [7, 11) is 1.33.